The van der Waals surface area contributed by atoms with Gasteiger partial charge in [0, 0.05) is 40.3 Å². The Morgan fingerprint density at radius 3 is 2.62 bits per heavy atom. The molecule has 174 valence electrons. The lowest BCUT2D eigenvalue weighted by molar-refractivity contribution is -0.385. The molecule has 0 aromatic heterocycles. The van der Waals surface area contributed by atoms with E-state index in [1.807, 2.05) is 24.3 Å². The summed E-state index contributed by atoms with van der Waals surface area (Å²) in [5, 5.41) is 18.9. The molecule has 2 heterocycles. The molecular formula is C24H19Cl2N3O5. The van der Waals surface area contributed by atoms with E-state index < -0.39 is 11.2 Å². The Bertz CT molecular complexity index is 1330. The third kappa shape index (κ3) is 3.78. The summed E-state index contributed by atoms with van der Waals surface area (Å²) < 4.78 is 17.1. The number of non-ortho nitro benzene ring substituents is 1. The maximum atomic E-state index is 11.4. The fraction of sp³-hybridized carbons (Fsp3) is 0.208. The first-order chi connectivity index (χ1) is 16.4. The number of hydrazone groups is 1. The van der Waals surface area contributed by atoms with Crippen molar-refractivity contribution in [2.75, 3.05) is 14.2 Å². The molecule has 0 bridgehead atoms. The molecule has 3 aromatic carbocycles. The van der Waals surface area contributed by atoms with E-state index in [0.717, 1.165) is 16.8 Å². The summed E-state index contributed by atoms with van der Waals surface area (Å²) >= 11 is 12.8. The quantitative estimate of drug-likeness (QED) is 0.308. The van der Waals surface area contributed by atoms with Crippen LogP contribution in [0, 0.1) is 10.1 Å². The number of nitro benzene ring substituents is 1. The SMILES string of the molecule is COc1ccc(C2=NN3C(C2)c2cc(Cl)cc(Cl)c2OC3c2cccc([N+](=O)[O-])c2)cc1OC. The van der Waals surface area contributed by atoms with Crippen molar-refractivity contribution in [3.05, 3.63) is 91.4 Å². The van der Waals surface area contributed by atoms with Gasteiger partial charge in [0.25, 0.3) is 5.69 Å². The molecule has 5 rings (SSSR count). The molecule has 2 unspecified atom stereocenters. The lowest BCUT2D eigenvalue weighted by atomic mass is 9.95. The molecule has 2 atom stereocenters. The number of methoxy groups -OCH3 is 2. The van der Waals surface area contributed by atoms with E-state index in [2.05, 4.69) is 0 Å². The number of ether oxygens (including phenoxy) is 3. The number of benzene rings is 3. The second-order valence-corrected chi connectivity index (χ2v) is 8.69. The van der Waals surface area contributed by atoms with Gasteiger partial charge in [0.2, 0.25) is 6.23 Å². The van der Waals surface area contributed by atoms with E-state index >= 15 is 0 Å². The Kier molecular flexibility index (Phi) is 5.71. The Morgan fingerprint density at radius 1 is 1.09 bits per heavy atom. The number of hydrogen-bond acceptors (Lipinski definition) is 7. The number of nitrogens with zero attached hydrogens (tertiary/aromatic N) is 3. The van der Waals surface area contributed by atoms with Gasteiger partial charge in [-0.05, 0) is 30.3 Å². The van der Waals surface area contributed by atoms with Crippen LogP contribution in [0.1, 0.15) is 35.4 Å². The fourth-order valence-corrected chi connectivity index (χ4v) is 4.87. The van der Waals surface area contributed by atoms with Gasteiger partial charge in [0.1, 0.15) is 5.75 Å². The van der Waals surface area contributed by atoms with Gasteiger partial charge in [-0.25, -0.2) is 5.01 Å². The first-order valence-electron chi connectivity index (χ1n) is 10.4. The van der Waals surface area contributed by atoms with Gasteiger partial charge in [-0.3, -0.25) is 10.1 Å². The molecule has 0 fully saturated rings. The summed E-state index contributed by atoms with van der Waals surface area (Å²) in [6, 6.07) is 15.1. The predicted octanol–water partition coefficient (Wildman–Crippen LogP) is 6.16. The van der Waals surface area contributed by atoms with Gasteiger partial charge in [0.15, 0.2) is 11.5 Å². The summed E-state index contributed by atoms with van der Waals surface area (Å²) in [5.74, 6) is 1.70. The summed E-state index contributed by atoms with van der Waals surface area (Å²) in [6.45, 7) is 0. The molecule has 2 aliphatic heterocycles. The van der Waals surface area contributed by atoms with E-state index in [4.69, 9.17) is 42.5 Å². The summed E-state index contributed by atoms with van der Waals surface area (Å²) in [4.78, 5) is 10.9. The van der Waals surface area contributed by atoms with Crippen LogP contribution in [0.25, 0.3) is 0 Å². The first-order valence-corrected chi connectivity index (χ1v) is 11.1. The van der Waals surface area contributed by atoms with Gasteiger partial charge < -0.3 is 14.2 Å². The van der Waals surface area contributed by atoms with Crippen molar-refractivity contribution < 1.29 is 19.1 Å². The van der Waals surface area contributed by atoms with Crippen LogP contribution in [-0.2, 0) is 0 Å². The van der Waals surface area contributed by atoms with E-state index in [-0.39, 0.29) is 11.7 Å². The van der Waals surface area contributed by atoms with Crippen LogP contribution in [0.4, 0.5) is 5.69 Å². The molecular weight excluding hydrogens is 481 g/mol. The third-order valence-electron chi connectivity index (χ3n) is 5.89. The third-order valence-corrected chi connectivity index (χ3v) is 6.39. The molecule has 0 saturated heterocycles. The minimum Gasteiger partial charge on any atom is -0.493 e. The maximum absolute atomic E-state index is 11.4. The van der Waals surface area contributed by atoms with Crippen LogP contribution in [0.3, 0.4) is 0 Å². The zero-order chi connectivity index (χ0) is 24.0. The molecule has 3 aromatic rings. The molecule has 0 N–H and O–H groups in total. The number of rotatable bonds is 5. The predicted molar refractivity (Wildman–Crippen MR) is 128 cm³/mol. The zero-order valence-electron chi connectivity index (χ0n) is 18.2. The molecule has 0 saturated carbocycles. The minimum atomic E-state index is -0.714. The topological polar surface area (TPSA) is 86.4 Å². The highest BCUT2D eigenvalue weighted by atomic mass is 35.5. The lowest BCUT2D eigenvalue weighted by Crippen LogP contribution is -2.33. The fourth-order valence-electron chi connectivity index (χ4n) is 4.32. The van der Waals surface area contributed by atoms with Crippen molar-refractivity contribution >= 4 is 34.6 Å². The highest BCUT2D eigenvalue weighted by Gasteiger charge is 2.42. The van der Waals surface area contributed by atoms with E-state index in [1.165, 1.54) is 12.1 Å². The van der Waals surface area contributed by atoms with Gasteiger partial charge in [-0.1, -0.05) is 35.3 Å². The summed E-state index contributed by atoms with van der Waals surface area (Å²) in [5.41, 5.74) is 3.02. The van der Waals surface area contributed by atoms with Crippen molar-refractivity contribution in [3.63, 3.8) is 0 Å². The second kappa shape index (κ2) is 8.70. The van der Waals surface area contributed by atoms with Gasteiger partial charge in [-0.15, -0.1) is 0 Å². The largest absolute Gasteiger partial charge is 0.493 e. The molecule has 8 nitrogen and oxygen atoms in total. The van der Waals surface area contributed by atoms with E-state index in [0.29, 0.717) is 39.3 Å². The van der Waals surface area contributed by atoms with Crippen molar-refractivity contribution in [2.24, 2.45) is 5.10 Å². The van der Waals surface area contributed by atoms with E-state index in [1.54, 1.807) is 37.4 Å². The lowest BCUT2D eigenvalue weighted by Gasteiger charge is -2.38. The average Bonchev–Trinajstić information content (AvgIpc) is 3.29. The molecule has 0 radical (unpaired) electrons. The van der Waals surface area contributed by atoms with Crippen molar-refractivity contribution in [1.29, 1.82) is 0 Å². The number of halogens is 2. The summed E-state index contributed by atoms with van der Waals surface area (Å²) in [6.07, 6.45) is -0.165. The maximum Gasteiger partial charge on any atom is 0.269 e. The van der Waals surface area contributed by atoms with Gasteiger partial charge in [0.05, 0.1) is 35.9 Å². The monoisotopic (exact) mass is 499 g/mol. The van der Waals surface area contributed by atoms with Crippen molar-refractivity contribution in [3.8, 4) is 17.2 Å². The van der Waals surface area contributed by atoms with Crippen LogP contribution < -0.4 is 14.2 Å². The van der Waals surface area contributed by atoms with Crippen LogP contribution in [-0.4, -0.2) is 29.9 Å². The second-order valence-electron chi connectivity index (χ2n) is 7.84. The first kappa shape index (κ1) is 22.3. The standard InChI is InChI=1S/C24H19Cl2N3O5/c1-32-21-7-6-13(9-22(21)33-2)19-12-20-17-10-15(25)11-18(26)23(17)34-24(28(20)27-19)14-4-3-5-16(8-14)29(30)31/h3-11,20,24H,12H2,1-2H3. The smallest absolute Gasteiger partial charge is 0.269 e. The normalized spacial score (nSPS) is 18.5. The zero-order valence-corrected chi connectivity index (χ0v) is 19.7. The Morgan fingerprint density at radius 2 is 1.88 bits per heavy atom. The highest BCUT2D eigenvalue weighted by molar-refractivity contribution is 6.35. The highest BCUT2D eigenvalue weighted by Crippen LogP contribution is 2.51. The number of hydrogen-bond donors (Lipinski definition) is 0. The molecule has 10 heteroatoms. The summed E-state index contributed by atoms with van der Waals surface area (Å²) in [7, 11) is 3.16. The number of nitro groups is 1. The van der Waals surface area contributed by atoms with E-state index in [9.17, 15) is 10.1 Å². The average molecular weight is 500 g/mol. The van der Waals surface area contributed by atoms with Crippen LogP contribution in [0.15, 0.2) is 59.7 Å². The molecule has 34 heavy (non-hydrogen) atoms. The van der Waals surface area contributed by atoms with Crippen LogP contribution in [0.5, 0.6) is 17.2 Å². The number of fused-ring (bicyclic) bond motifs is 3. The Hall–Kier alpha value is -3.49. The molecule has 0 amide bonds. The Balaban J connectivity index is 1.62. The molecule has 0 spiro atoms. The van der Waals surface area contributed by atoms with Crippen molar-refractivity contribution in [2.45, 2.75) is 18.7 Å². The van der Waals surface area contributed by atoms with Crippen LogP contribution in [0.2, 0.25) is 10.0 Å². The van der Waals surface area contributed by atoms with Crippen molar-refractivity contribution in [1.82, 2.24) is 5.01 Å². The van der Waals surface area contributed by atoms with Gasteiger partial charge >= 0.3 is 0 Å². The minimum absolute atomic E-state index is 0.0334. The van der Waals surface area contributed by atoms with Crippen LogP contribution >= 0.6 is 23.2 Å². The Labute approximate surface area is 205 Å². The van der Waals surface area contributed by atoms with Gasteiger partial charge in [-0.2, -0.15) is 5.10 Å². The molecule has 2 aliphatic rings. The molecule has 0 aliphatic carbocycles.